The summed E-state index contributed by atoms with van der Waals surface area (Å²) in [5.41, 5.74) is 2.49. The molecular weight excluding hydrogens is 314 g/mol. The lowest BCUT2D eigenvalue weighted by atomic mass is 9.86. The van der Waals surface area contributed by atoms with Crippen molar-refractivity contribution < 1.29 is 14.6 Å². The second kappa shape index (κ2) is 9.44. The number of ether oxygens (including phenoxy) is 2. The summed E-state index contributed by atoms with van der Waals surface area (Å²) in [4.78, 5) is 0. The number of aliphatic hydroxyl groups excluding tert-OH is 1. The first kappa shape index (κ1) is 19.3. The van der Waals surface area contributed by atoms with E-state index in [1.54, 1.807) is 21.1 Å². The summed E-state index contributed by atoms with van der Waals surface area (Å²) in [6.07, 6.45) is 0.591. The average Bonchev–Trinajstić information content (AvgIpc) is 2.64. The van der Waals surface area contributed by atoms with Gasteiger partial charge in [0.05, 0.1) is 20.3 Å². The molecule has 136 valence electrons. The molecule has 0 radical (unpaired) electrons. The molecular formula is C21H29NO3. The second-order valence-corrected chi connectivity index (χ2v) is 6.49. The molecule has 2 rings (SSSR count). The van der Waals surface area contributed by atoms with Crippen molar-refractivity contribution in [2.75, 3.05) is 20.8 Å². The van der Waals surface area contributed by atoms with Crippen molar-refractivity contribution in [3.63, 3.8) is 0 Å². The molecule has 0 aromatic heterocycles. The van der Waals surface area contributed by atoms with Gasteiger partial charge in [-0.05, 0) is 55.7 Å². The van der Waals surface area contributed by atoms with Gasteiger partial charge < -0.3 is 19.9 Å². The second-order valence-electron chi connectivity index (χ2n) is 6.49. The fourth-order valence-electron chi connectivity index (χ4n) is 2.95. The van der Waals surface area contributed by atoms with E-state index in [1.807, 2.05) is 24.3 Å². The number of hydrogen-bond acceptors (Lipinski definition) is 4. The van der Waals surface area contributed by atoms with E-state index in [4.69, 9.17) is 9.47 Å². The highest BCUT2D eigenvalue weighted by molar-refractivity contribution is 5.38. The lowest BCUT2D eigenvalue weighted by molar-refractivity contribution is 0.186. The van der Waals surface area contributed by atoms with Gasteiger partial charge in [0.15, 0.2) is 0 Å². The number of benzene rings is 2. The lowest BCUT2D eigenvalue weighted by Crippen LogP contribution is -2.33. The van der Waals surface area contributed by atoms with Crippen LogP contribution in [-0.4, -0.2) is 38.0 Å². The summed E-state index contributed by atoms with van der Waals surface area (Å²) in [6.45, 7) is 4.55. The molecule has 2 atom stereocenters. The van der Waals surface area contributed by atoms with E-state index in [1.165, 1.54) is 11.1 Å². The van der Waals surface area contributed by atoms with Crippen LogP contribution in [0.2, 0.25) is 0 Å². The average molecular weight is 343 g/mol. The normalized spacial score (nSPS) is 13.5. The zero-order valence-corrected chi connectivity index (χ0v) is 15.5. The SMILES string of the molecule is COc1ccc(C(CC(C)NCC(C)O)c2ccc(OC)cc2)cc1. The van der Waals surface area contributed by atoms with E-state index in [0.717, 1.165) is 17.9 Å². The summed E-state index contributed by atoms with van der Waals surface area (Å²) in [7, 11) is 3.36. The van der Waals surface area contributed by atoms with Crippen molar-refractivity contribution in [2.45, 2.75) is 38.3 Å². The van der Waals surface area contributed by atoms with Gasteiger partial charge in [-0.25, -0.2) is 0 Å². The van der Waals surface area contributed by atoms with Gasteiger partial charge in [-0.3, -0.25) is 0 Å². The Balaban J connectivity index is 2.22. The Kier molecular flexibility index (Phi) is 7.29. The molecule has 2 unspecified atom stereocenters. The summed E-state index contributed by atoms with van der Waals surface area (Å²) in [5, 5.41) is 12.9. The van der Waals surface area contributed by atoms with Crippen molar-refractivity contribution in [1.29, 1.82) is 0 Å². The summed E-state index contributed by atoms with van der Waals surface area (Å²) < 4.78 is 10.5. The molecule has 0 aliphatic heterocycles. The van der Waals surface area contributed by atoms with Gasteiger partial charge in [-0.15, -0.1) is 0 Å². The van der Waals surface area contributed by atoms with Crippen LogP contribution in [-0.2, 0) is 0 Å². The van der Waals surface area contributed by atoms with Crippen LogP contribution in [0.15, 0.2) is 48.5 Å². The zero-order valence-electron chi connectivity index (χ0n) is 15.5. The first-order valence-corrected chi connectivity index (χ1v) is 8.72. The highest BCUT2D eigenvalue weighted by Crippen LogP contribution is 2.31. The maximum atomic E-state index is 9.49. The molecule has 0 saturated heterocycles. The van der Waals surface area contributed by atoms with E-state index in [0.29, 0.717) is 6.54 Å². The molecule has 2 aromatic rings. The molecule has 0 aliphatic rings. The molecule has 0 spiro atoms. The van der Waals surface area contributed by atoms with Crippen LogP contribution in [0.3, 0.4) is 0 Å². The van der Waals surface area contributed by atoms with Gasteiger partial charge in [0, 0.05) is 18.5 Å². The minimum absolute atomic E-state index is 0.258. The predicted molar refractivity (Wildman–Crippen MR) is 102 cm³/mol. The molecule has 4 heteroatoms. The fourth-order valence-corrected chi connectivity index (χ4v) is 2.95. The Labute approximate surface area is 150 Å². The number of rotatable bonds is 9. The van der Waals surface area contributed by atoms with Gasteiger partial charge in [0.1, 0.15) is 11.5 Å². The van der Waals surface area contributed by atoms with Gasteiger partial charge >= 0.3 is 0 Å². The van der Waals surface area contributed by atoms with Gasteiger partial charge in [-0.2, -0.15) is 0 Å². The molecule has 2 N–H and O–H groups in total. The van der Waals surface area contributed by atoms with Crippen LogP contribution in [0.5, 0.6) is 11.5 Å². The van der Waals surface area contributed by atoms with Gasteiger partial charge in [0.25, 0.3) is 0 Å². The Morgan fingerprint density at radius 2 is 1.28 bits per heavy atom. The van der Waals surface area contributed by atoms with Crippen LogP contribution in [0.4, 0.5) is 0 Å². The van der Waals surface area contributed by atoms with E-state index >= 15 is 0 Å². The van der Waals surface area contributed by atoms with Crippen molar-refractivity contribution in [2.24, 2.45) is 0 Å². The van der Waals surface area contributed by atoms with Gasteiger partial charge in [0.2, 0.25) is 0 Å². The van der Waals surface area contributed by atoms with Crippen molar-refractivity contribution in [1.82, 2.24) is 5.32 Å². The van der Waals surface area contributed by atoms with Gasteiger partial charge in [-0.1, -0.05) is 24.3 Å². The largest absolute Gasteiger partial charge is 0.497 e. The van der Waals surface area contributed by atoms with Crippen LogP contribution in [0.25, 0.3) is 0 Å². The van der Waals surface area contributed by atoms with Crippen LogP contribution >= 0.6 is 0 Å². The van der Waals surface area contributed by atoms with Crippen LogP contribution in [0, 0.1) is 0 Å². The van der Waals surface area contributed by atoms with E-state index < -0.39 is 0 Å². The zero-order chi connectivity index (χ0) is 18.2. The minimum Gasteiger partial charge on any atom is -0.497 e. The number of aliphatic hydroxyl groups is 1. The first-order valence-electron chi connectivity index (χ1n) is 8.72. The maximum Gasteiger partial charge on any atom is 0.118 e. The third-order valence-electron chi connectivity index (χ3n) is 4.39. The number of nitrogens with one attached hydrogen (secondary N) is 1. The predicted octanol–water partition coefficient (Wildman–Crippen LogP) is 3.58. The minimum atomic E-state index is -0.345. The quantitative estimate of drug-likeness (QED) is 0.731. The maximum absolute atomic E-state index is 9.49. The Hall–Kier alpha value is -2.04. The fraction of sp³-hybridized carbons (Fsp3) is 0.429. The van der Waals surface area contributed by atoms with Crippen molar-refractivity contribution >= 4 is 0 Å². The third-order valence-corrected chi connectivity index (χ3v) is 4.39. The van der Waals surface area contributed by atoms with Crippen molar-refractivity contribution in [3.05, 3.63) is 59.7 Å². The molecule has 0 bridgehead atoms. The molecule has 0 fully saturated rings. The third kappa shape index (κ3) is 5.76. The molecule has 0 aliphatic carbocycles. The van der Waals surface area contributed by atoms with E-state index in [9.17, 15) is 5.11 Å². The molecule has 2 aromatic carbocycles. The topological polar surface area (TPSA) is 50.7 Å². The standard InChI is InChI=1S/C21H29NO3/c1-15(22-14-16(2)23)13-21(17-5-9-19(24-3)10-6-17)18-7-11-20(25-4)12-8-18/h5-12,15-16,21-23H,13-14H2,1-4H3. The molecule has 25 heavy (non-hydrogen) atoms. The van der Waals surface area contributed by atoms with Crippen molar-refractivity contribution in [3.8, 4) is 11.5 Å². The number of methoxy groups -OCH3 is 2. The molecule has 0 amide bonds. The summed E-state index contributed by atoms with van der Waals surface area (Å²) in [5.74, 6) is 1.98. The lowest BCUT2D eigenvalue weighted by Gasteiger charge is -2.24. The first-order chi connectivity index (χ1) is 12.0. The summed E-state index contributed by atoms with van der Waals surface area (Å²) in [6, 6.07) is 16.8. The van der Waals surface area contributed by atoms with E-state index in [-0.39, 0.29) is 18.1 Å². The molecule has 4 nitrogen and oxygen atoms in total. The highest BCUT2D eigenvalue weighted by Gasteiger charge is 2.18. The molecule has 0 saturated carbocycles. The Bertz CT molecular complexity index is 575. The highest BCUT2D eigenvalue weighted by atomic mass is 16.5. The number of hydrogen-bond donors (Lipinski definition) is 2. The van der Waals surface area contributed by atoms with E-state index in [2.05, 4.69) is 36.5 Å². The Morgan fingerprint density at radius 1 is 0.840 bits per heavy atom. The summed E-state index contributed by atoms with van der Waals surface area (Å²) >= 11 is 0. The Morgan fingerprint density at radius 3 is 1.64 bits per heavy atom. The van der Waals surface area contributed by atoms with Crippen LogP contribution in [0.1, 0.15) is 37.3 Å². The monoisotopic (exact) mass is 343 g/mol. The molecule has 0 heterocycles. The smallest absolute Gasteiger partial charge is 0.118 e. The van der Waals surface area contributed by atoms with Crippen LogP contribution < -0.4 is 14.8 Å².